The van der Waals surface area contributed by atoms with Gasteiger partial charge in [0.15, 0.2) is 0 Å². The fraction of sp³-hybridized carbons (Fsp3) is 0.500. The molecule has 8 nitrogen and oxygen atoms in total. The number of carbonyl (C=O) groups is 2. The van der Waals surface area contributed by atoms with Gasteiger partial charge in [-0.25, -0.2) is 17.5 Å². The first kappa shape index (κ1) is 21.0. The highest BCUT2D eigenvalue weighted by atomic mass is 32.2. The van der Waals surface area contributed by atoms with Crippen molar-refractivity contribution in [3.8, 4) is 0 Å². The number of sulfonamides is 1. The Balaban J connectivity index is 2.08. The summed E-state index contributed by atoms with van der Waals surface area (Å²) in [6.07, 6.45) is 8.63. The summed E-state index contributed by atoms with van der Waals surface area (Å²) in [7, 11) is -3.48. The molecule has 1 fully saturated rings. The summed E-state index contributed by atoms with van der Waals surface area (Å²) in [5, 5.41) is 8.72. The van der Waals surface area contributed by atoms with Crippen molar-refractivity contribution in [1.82, 2.24) is 14.2 Å². The highest BCUT2D eigenvalue weighted by Gasteiger charge is 2.24. The summed E-state index contributed by atoms with van der Waals surface area (Å²) in [5.74, 6) is -1.98. The molecule has 148 valence electrons. The van der Waals surface area contributed by atoms with Crippen molar-refractivity contribution in [1.29, 1.82) is 0 Å². The predicted octanol–water partition coefficient (Wildman–Crippen LogP) is 1.26. The van der Waals surface area contributed by atoms with Crippen LogP contribution >= 0.6 is 0 Å². The minimum atomic E-state index is -3.48. The first-order valence-electron chi connectivity index (χ1n) is 8.95. The summed E-state index contributed by atoms with van der Waals surface area (Å²) in [5.41, 5.74) is 0.738. The molecule has 1 aromatic rings. The van der Waals surface area contributed by atoms with E-state index in [1.807, 2.05) is 0 Å². The van der Waals surface area contributed by atoms with Gasteiger partial charge in [-0.05, 0) is 24.5 Å². The van der Waals surface area contributed by atoms with Gasteiger partial charge >= 0.3 is 5.97 Å². The summed E-state index contributed by atoms with van der Waals surface area (Å²) < 4.78 is 26.8. The molecular formula is C18H25N3O5S. The van der Waals surface area contributed by atoms with Crippen LogP contribution in [-0.2, 0) is 26.2 Å². The molecule has 1 N–H and O–H groups in total. The zero-order chi connectivity index (χ0) is 19.7. The number of aliphatic carboxylic acids is 1. The third kappa shape index (κ3) is 7.10. The van der Waals surface area contributed by atoms with E-state index >= 15 is 0 Å². The topological polar surface area (TPSA) is 108 Å². The van der Waals surface area contributed by atoms with Crippen molar-refractivity contribution in [2.45, 2.75) is 32.2 Å². The van der Waals surface area contributed by atoms with Gasteiger partial charge in [0, 0.05) is 50.7 Å². The van der Waals surface area contributed by atoms with Crippen LogP contribution in [0.25, 0.3) is 0 Å². The van der Waals surface area contributed by atoms with Gasteiger partial charge < -0.3 is 10.0 Å². The zero-order valence-electron chi connectivity index (χ0n) is 15.2. The molecule has 0 radical (unpaired) electrons. The Bertz CT molecular complexity index is 756. The number of rotatable bonds is 8. The predicted molar refractivity (Wildman–Crippen MR) is 100 cm³/mol. The van der Waals surface area contributed by atoms with Gasteiger partial charge in [0.25, 0.3) is 0 Å². The molecule has 0 aromatic carbocycles. The quantitative estimate of drug-likeness (QED) is 0.664. The van der Waals surface area contributed by atoms with Gasteiger partial charge in [0.1, 0.15) is 0 Å². The molecule has 1 amide bonds. The molecule has 27 heavy (non-hydrogen) atoms. The lowest BCUT2D eigenvalue weighted by molar-refractivity contribution is -0.132. The lowest BCUT2D eigenvalue weighted by Gasteiger charge is -2.24. The normalized spacial score (nSPS) is 16.1. The number of carboxylic acids is 1. The maximum Gasteiger partial charge on any atom is 0.328 e. The van der Waals surface area contributed by atoms with E-state index in [0.717, 1.165) is 43.4 Å². The van der Waals surface area contributed by atoms with Crippen molar-refractivity contribution in [3.05, 3.63) is 42.2 Å². The van der Waals surface area contributed by atoms with Crippen LogP contribution in [0.3, 0.4) is 0 Å². The van der Waals surface area contributed by atoms with Gasteiger partial charge in [-0.15, -0.1) is 0 Å². The average molecular weight is 395 g/mol. The van der Waals surface area contributed by atoms with Gasteiger partial charge in [-0.2, -0.15) is 0 Å². The molecule has 1 saturated heterocycles. The number of carbonyl (C=O) groups excluding carboxylic acids is 1. The Morgan fingerprint density at radius 2 is 1.89 bits per heavy atom. The summed E-state index contributed by atoms with van der Waals surface area (Å²) in [6.45, 7) is 1.16. The lowest BCUT2D eigenvalue weighted by atomic mass is 10.2. The van der Waals surface area contributed by atoms with Crippen LogP contribution in [-0.4, -0.2) is 65.0 Å². The molecule has 9 heteroatoms. The second kappa shape index (κ2) is 10.2. The van der Waals surface area contributed by atoms with Crippen LogP contribution in [0.4, 0.5) is 0 Å². The molecule has 2 heterocycles. The molecule has 0 unspecified atom stereocenters. The second-order valence-corrected chi connectivity index (χ2v) is 8.51. The average Bonchev–Trinajstić information content (AvgIpc) is 2.94. The van der Waals surface area contributed by atoms with E-state index in [4.69, 9.17) is 5.11 Å². The van der Waals surface area contributed by atoms with Crippen LogP contribution < -0.4 is 0 Å². The summed E-state index contributed by atoms with van der Waals surface area (Å²) in [6, 6.07) is 3.50. The fourth-order valence-corrected chi connectivity index (χ4v) is 4.43. The highest BCUT2D eigenvalue weighted by molar-refractivity contribution is 7.89. The molecule has 0 saturated carbocycles. The number of hydrogen-bond acceptors (Lipinski definition) is 5. The van der Waals surface area contributed by atoms with E-state index in [1.54, 1.807) is 24.5 Å². The number of carboxylic acid groups (broad SMARTS) is 1. The summed E-state index contributed by atoms with van der Waals surface area (Å²) >= 11 is 0. The number of hydrogen-bond donors (Lipinski definition) is 1. The molecule has 0 aliphatic carbocycles. The van der Waals surface area contributed by atoms with Crippen molar-refractivity contribution in [2.75, 3.05) is 25.4 Å². The Kier molecular flexibility index (Phi) is 7.93. The minimum Gasteiger partial charge on any atom is -0.478 e. The molecule has 1 aliphatic rings. The van der Waals surface area contributed by atoms with Crippen molar-refractivity contribution < 1.29 is 23.1 Å². The third-order valence-corrected chi connectivity index (χ3v) is 6.20. The lowest BCUT2D eigenvalue weighted by Crippen LogP contribution is -2.39. The van der Waals surface area contributed by atoms with Crippen molar-refractivity contribution in [3.63, 3.8) is 0 Å². The Hall–Kier alpha value is -2.26. The van der Waals surface area contributed by atoms with Crippen LogP contribution in [0, 0.1) is 0 Å². The van der Waals surface area contributed by atoms with Crippen molar-refractivity contribution >= 4 is 21.9 Å². The molecule has 1 aromatic heterocycles. The Morgan fingerprint density at radius 3 is 2.48 bits per heavy atom. The SMILES string of the molecule is O=C(O)C=CC(=O)N(CCS(=O)(=O)N1CCCCCC1)Cc1cccnc1. The molecule has 0 atom stereocenters. The van der Waals surface area contributed by atoms with E-state index in [1.165, 1.54) is 9.21 Å². The van der Waals surface area contributed by atoms with Gasteiger partial charge in [-0.1, -0.05) is 18.9 Å². The highest BCUT2D eigenvalue weighted by Crippen LogP contribution is 2.14. The number of amides is 1. The largest absolute Gasteiger partial charge is 0.478 e. The maximum absolute atomic E-state index is 12.6. The number of nitrogens with zero attached hydrogens (tertiary/aromatic N) is 3. The van der Waals surface area contributed by atoms with E-state index in [-0.39, 0.29) is 18.8 Å². The van der Waals surface area contributed by atoms with E-state index in [2.05, 4.69) is 4.98 Å². The summed E-state index contributed by atoms with van der Waals surface area (Å²) in [4.78, 5) is 28.3. The van der Waals surface area contributed by atoms with Gasteiger partial charge in [0.2, 0.25) is 15.9 Å². The molecular weight excluding hydrogens is 370 g/mol. The molecule has 1 aliphatic heterocycles. The Labute approximate surface area is 159 Å². The van der Waals surface area contributed by atoms with Gasteiger partial charge in [0.05, 0.1) is 5.75 Å². The number of pyridine rings is 1. The van der Waals surface area contributed by atoms with Crippen LogP contribution in [0.15, 0.2) is 36.7 Å². The van der Waals surface area contributed by atoms with Crippen LogP contribution in [0.2, 0.25) is 0 Å². The molecule has 0 bridgehead atoms. The molecule has 0 spiro atoms. The minimum absolute atomic E-state index is 0.0173. The fourth-order valence-electron chi connectivity index (χ4n) is 2.90. The zero-order valence-corrected chi connectivity index (χ0v) is 16.0. The van der Waals surface area contributed by atoms with E-state index < -0.39 is 21.9 Å². The smallest absolute Gasteiger partial charge is 0.328 e. The van der Waals surface area contributed by atoms with E-state index in [9.17, 15) is 18.0 Å². The Morgan fingerprint density at radius 1 is 1.19 bits per heavy atom. The maximum atomic E-state index is 12.6. The second-order valence-electron chi connectivity index (χ2n) is 6.42. The standard InChI is InChI=1S/C18H25N3O5S/c22-17(7-8-18(23)24)20(15-16-6-5-9-19-14-16)12-13-27(25,26)21-10-3-1-2-4-11-21/h5-9,14H,1-4,10-13,15H2,(H,23,24). The first-order valence-corrected chi connectivity index (χ1v) is 10.6. The van der Waals surface area contributed by atoms with E-state index in [0.29, 0.717) is 13.1 Å². The van der Waals surface area contributed by atoms with Crippen molar-refractivity contribution in [2.24, 2.45) is 0 Å². The van der Waals surface area contributed by atoms with Gasteiger partial charge in [-0.3, -0.25) is 9.78 Å². The third-order valence-electron chi connectivity index (χ3n) is 4.35. The monoisotopic (exact) mass is 395 g/mol. The molecule has 2 rings (SSSR count). The number of aromatic nitrogens is 1. The van der Waals surface area contributed by atoms with Crippen LogP contribution in [0.5, 0.6) is 0 Å². The first-order chi connectivity index (χ1) is 12.9. The van der Waals surface area contributed by atoms with Crippen LogP contribution in [0.1, 0.15) is 31.2 Å².